The Balaban J connectivity index is 2.34. The van der Waals surface area contributed by atoms with Gasteiger partial charge in [0.1, 0.15) is 5.60 Å². The van der Waals surface area contributed by atoms with Gasteiger partial charge < -0.3 is 15.2 Å². The maximum Gasteiger partial charge on any atom is 0.103 e. The zero-order chi connectivity index (χ0) is 9.90. The van der Waals surface area contributed by atoms with Gasteiger partial charge in [0.05, 0.1) is 6.61 Å². The van der Waals surface area contributed by atoms with Crippen LogP contribution in [0.4, 0.5) is 0 Å². The van der Waals surface area contributed by atoms with Crippen LogP contribution in [0.3, 0.4) is 0 Å². The van der Waals surface area contributed by atoms with Crippen LogP contribution in [0, 0.1) is 5.92 Å². The van der Waals surface area contributed by atoms with Crippen molar-refractivity contribution in [2.75, 3.05) is 20.3 Å². The van der Waals surface area contributed by atoms with Crippen molar-refractivity contribution in [1.82, 2.24) is 5.32 Å². The summed E-state index contributed by atoms with van der Waals surface area (Å²) in [4.78, 5) is 0. The van der Waals surface area contributed by atoms with Crippen LogP contribution >= 0.6 is 0 Å². The highest BCUT2D eigenvalue weighted by Gasteiger charge is 2.33. The summed E-state index contributed by atoms with van der Waals surface area (Å²) in [6.45, 7) is 5.09. The number of ether oxygens (including phenoxy) is 1. The molecular weight excluding hydrogens is 166 g/mol. The van der Waals surface area contributed by atoms with Crippen molar-refractivity contribution in [1.29, 1.82) is 0 Å². The second-order valence-electron chi connectivity index (χ2n) is 4.35. The number of nitrogens with one attached hydrogen (secondary N) is 1. The summed E-state index contributed by atoms with van der Waals surface area (Å²) in [6.07, 6.45) is 2.50. The molecule has 0 aromatic carbocycles. The van der Waals surface area contributed by atoms with Gasteiger partial charge in [-0.25, -0.2) is 0 Å². The third-order valence-corrected chi connectivity index (χ3v) is 2.74. The molecule has 1 saturated carbocycles. The Hall–Kier alpha value is -0.120. The van der Waals surface area contributed by atoms with E-state index in [-0.39, 0.29) is 5.92 Å². The minimum atomic E-state index is -0.711. The number of rotatable bonds is 6. The molecule has 78 valence electrons. The summed E-state index contributed by atoms with van der Waals surface area (Å²) in [5.74, 6) is 0.221. The van der Waals surface area contributed by atoms with Crippen molar-refractivity contribution in [3.05, 3.63) is 0 Å². The second kappa shape index (κ2) is 4.40. The zero-order valence-electron chi connectivity index (χ0n) is 8.84. The van der Waals surface area contributed by atoms with Crippen molar-refractivity contribution in [3.63, 3.8) is 0 Å². The van der Waals surface area contributed by atoms with Crippen LogP contribution in [0.15, 0.2) is 0 Å². The Kier molecular flexibility index (Phi) is 3.71. The van der Waals surface area contributed by atoms with Gasteiger partial charge in [0, 0.05) is 19.7 Å². The first-order valence-corrected chi connectivity index (χ1v) is 5.03. The van der Waals surface area contributed by atoms with Crippen LogP contribution in [0.25, 0.3) is 0 Å². The van der Waals surface area contributed by atoms with E-state index in [1.807, 2.05) is 13.8 Å². The average Bonchev–Trinajstić information content (AvgIpc) is 2.84. The van der Waals surface area contributed by atoms with Crippen LogP contribution < -0.4 is 5.32 Å². The van der Waals surface area contributed by atoms with E-state index in [0.717, 1.165) is 0 Å². The Morgan fingerprint density at radius 3 is 2.54 bits per heavy atom. The fourth-order valence-corrected chi connectivity index (χ4v) is 1.28. The molecule has 1 rings (SSSR count). The van der Waals surface area contributed by atoms with Gasteiger partial charge in [-0.05, 0) is 18.8 Å². The van der Waals surface area contributed by atoms with E-state index in [9.17, 15) is 5.11 Å². The molecule has 0 heterocycles. The minimum Gasteiger partial charge on any atom is -0.386 e. The molecule has 13 heavy (non-hydrogen) atoms. The number of hydrogen-bond acceptors (Lipinski definition) is 3. The van der Waals surface area contributed by atoms with Gasteiger partial charge in [0.25, 0.3) is 0 Å². The van der Waals surface area contributed by atoms with Gasteiger partial charge in [-0.2, -0.15) is 0 Å². The highest BCUT2D eigenvalue weighted by Crippen LogP contribution is 2.22. The molecule has 0 amide bonds. The molecule has 1 fully saturated rings. The Labute approximate surface area is 80.5 Å². The summed E-state index contributed by atoms with van der Waals surface area (Å²) >= 11 is 0. The molecular formula is C10H21NO2. The summed E-state index contributed by atoms with van der Waals surface area (Å²) in [5.41, 5.74) is -0.711. The largest absolute Gasteiger partial charge is 0.386 e. The molecule has 1 aliphatic carbocycles. The van der Waals surface area contributed by atoms with Gasteiger partial charge in [-0.1, -0.05) is 13.8 Å². The van der Waals surface area contributed by atoms with Crippen LogP contribution in [0.5, 0.6) is 0 Å². The SMILES string of the molecule is COCC(O)(CNC1CC1)C(C)C. The van der Waals surface area contributed by atoms with Crippen LogP contribution in [-0.2, 0) is 4.74 Å². The average molecular weight is 187 g/mol. The van der Waals surface area contributed by atoms with Crippen LogP contribution in [0.1, 0.15) is 26.7 Å². The lowest BCUT2D eigenvalue weighted by Gasteiger charge is -2.31. The normalized spacial score (nSPS) is 21.9. The highest BCUT2D eigenvalue weighted by atomic mass is 16.5. The predicted molar refractivity (Wildman–Crippen MR) is 52.7 cm³/mol. The van der Waals surface area contributed by atoms with Crippen molar-refractivity contribution in [3.8, 4) is 0 Å². The Morgan fingerprint density at radius 1 is 1.54 bits per heavy atom. The van der Waals surface area contributed by atoms with Crippen LogP contribution in [-0.4, -0.2) is 37.0 Å². The molecule has 1 atom stereocenters. The Morgan fingerprint density at radius 2 is 2.15 bits per heavy atom. The van der Waals surface area contributed by atoms with E-state index >= 15 is 0 Å². The van der Waals surface area contributed by atoms with Gasteiger partial charge in [0.2, 0.25) is 0 Å². The molecule has 0 aromatic heterocycles. The lowest BCUT2D eigenvalue weighted by atomic mass is 9.91. The molecule has 0 saturated heterocycles. The van der Waals surface area contributed by atoms with Crippen molar-refractivity contribution >= 4 is 0 Å². The number of hydrogen-bond donors (Lipinski definition) is 2. The third-order valence-electron chi connectivity index (χ3n) is 2.74. The number of aliphatic hydroxyl groups is 1. The van der Waals surface area contributed by atoms with Crippen LogP contribution in [0.2, 0.25) is 0 Å². The van der Waals surface area contributed by atoms with E-state index < -0.39 is 5.60 Å². The summed E-state index contributed by atoms with van der Waals surface area (Å²) in [6, 6.07) is 0.641. The van der Waals surface area contributed by atoms with Gasteiger partial charge in [0.15, 0.2) is 0 Å². The van der Waals surface area contributed by atoms with E-state index in [0.29, 0.717) is 19.2 Å². The second-order valence-corrected chi connectivity index (χ2v) is 4.35. The molecule has 3 heteroatoms. The summed E-state index contributed by atoms with van der Waals surface area (Å²) in [5, 5.41) is 13.5. The quantitative estimate of drug-likeness (QED) is 0.645. The molecule has 3 nitrogen and oxygen atoms in total. The van der Waals surface area contributed by atoms with Crippen molar-refractivity contribution < 1.29 is 9.84 Å². The molecule has 0 spiro atoms. The molecule has 0 bridgehead atoms. The monoisotopic (exact) mass is 187 g/mol. The maximum absolute atomic E-state index is 10.2. The third kappa shape index (κ3) is 3.25. The van der Waals surface area contributed by atoms with E-state index in [4.69, 9.17) is 4.74 Å². The lowest BCUT2D eigenvalue weighted by molar-refractivity contribution is -0.0626. The molecule has 1 unspecified atom stereocenters. The van der Waals surface area contributed by atoms with Crippen molar-refractivity contribution in [2.45, 2.75) is 38.3 Å². The van der Waals surface area contributed by atoms with Gasteiger partial charge in [-0.15, -0.1) is 0 Å². The van der Waals surface area contributed by atoms with E-state index in [2.05, 4.69) is 5.32 Å². The molecule has 0 aromatic rings. The molecule has 1 aliphatic rings. The Bertz CT molecular complexity index is 157. The highest BCUT2D eigenvalue weighted by molar-refractivity contribution is 4.89. The van der Waals surface area contributed by atoms with E-state index in [1.165, 1.54) is 12.8 Å². The fraction of sp³-hybridized carbons (Fsp3) is 1.00. The predicted octanol–water partition coefficient (Wildman–Crippen LogP) is 0.772. The van der Waals surface area contributed by atoms with Crippen molar-refractivity contribution in [2.24, 2.45) is 5.92 Å². The zero-order valence-corrected chi connectivity index (χ0v) is 8.84. The molecule has 0 aliphatic heterocycles. The maximum atomic E-state index is 10.2. The smallest absolute Gasteiger partial charge is 0.103 e. The fourth-order valence-electron chi connectivity index (χ4n) is 1.28. The first-order chi connectivity index (χ1) is 6.08. The standard InChI is InChI=1S/C10H21NO2/c1-8(2)10(12,7-13-3)6-11-9-4-5-9/h8-9,11-12H,4-7H2,1-3H3. The topological polar surface area (TPSA) is 41.5 Å². The van der Waals surface area contributed by atoms with Gasteiger partial charge in [-0.3, -0.25) is 0 Å². The first kappa shape index (κ1) is 11.0. The first-order valence-electron chi connectivity index (χ1n) is 5.03. The molecule has 0 radical (unpaired) electrons. The lowest BCUT2D eigenvalue weighted by Crippen LogP contribution is -2.49. The molecule has 2 N–H and O–H groups in total. The summed E-state index contributed by atoms with van der Waals surface area (Å²) in [7, 11) is 1.63. The number of methoxy groups -OCH3 is 1. The minimum absolute atomic E-state index is 0.221. The van der Waals surface area contributed by atoms with E-state index in [1.54, 1.807) is 7.11 Å². The van der Waals surface area contributed by atoms with Gasteiger partial charge >= 0.3 is 0 Å². The summed E-state index contributed by atoms with van der Waals surface area (Å²) < 4.78 is 5.03.